The maximum Gasteiger partial charge on any atom is 0.160 e. The van der Waals surface area contributed by atoms with Gasteiger partial charge in [-0.2, -0.15) is 5.10 Å². The number of aryl methyl sites for hydroxylation is 1. The van der Waals surface area contributed by atoms with Crippen molar-refractivity contribution in [3.63, 3.8) is 0 Å². The van der Waals surface area contributed by atoms with Crippen molar-refractivity contribution in [1.82, 2.24) is 9.78 Å². The predicted octanol–water partition coefficient (Wildman–Crippen LogP) is 2.88. The van der Waals surface area contributed by atoms with E-state index in [4.69, 9.17) is 9.88 Å². The number of rotatable bonds is 6. The van der Waals surface area contributed by atoms with Gasteiger partial charge in [0.05, 0.1) is 29.0 Å². The van der Waals surface area contributed by atoms with Crippen LogP contribution in [0.25, 0.3) is 0 Å². The van der Waals surface area contributed by atoms with Crippen LogP contribution in [-0.4, -0.2) is 25.8 Å². The molecule has 0 amide bonds. The molecular weight excluding hydrogens is 298 g/mol. The van der Waals surface area contributed by atoms with Crippen molar-refractivity contribution in [2.24, 2.45) is 17.6 Å². The molecule has 0 spiro atoms. The molecule has 2 N–H and O–H groups in total. The smallest absolute Gasteiger partial charge is 0.160 e. The van der Waals surface area contributed by atoms with Crippen molar-refractivity contribution in [3.8, 4) is 5.75 Å². The van der Waals surface area contributed by atoms with Crippen LogP contribution in [0.4, 0.5) is 0 Å². The summed E-state index contributed by atoms with van der Waals surface area (Å²) in [5.41, 5.74) is 1.14. The average molecular weight is 327 g/mol. The van der Waals surface area contributed by atoms with Gasteiger partial charge >= 0.3 is 0 Å². The third-order valence-corrected chi connectivity index (χ3v) is 6.46. The van der Waals surface area contributed by atoms with Crippen LogP contribution < -0.4 is 9.88 Å². The molecule has 1 saturated carbocycles. The Morgan fingerprint density at radius 1 is 1.50 bits per heavy atom. The molecule has 22 heavy (non-hydrogen) atoms. The van der Waals surface area contributed by atoms with Crippen molar-refractivity contribution in [3.05, 3.63) is 11.9 Å². The highest BCUT2D eigenvalue weighted by Gasteiger charge is 2.44. The number of nitrogens with two attached hydrogens (primary N) is 1. The summed E-state index contributed by atoms with van der Waals surface area (Å²) in [6.45, 7) is 6.28. The maximum atomic E-state index is 11.9. The number of aromatic nitrogens is 2. The number of hydrogen-bond donors (Lipinski definition) is 1. The maximum absolute atomic E-state index is 11.9. The molecule has 2 rings (SSSR count). The molecule has 1 unspecified atom stereocenters. The largest absolute Gasteiger partial charge is 0.493 e. The molecular formula is C16H29N3O2S. The molecule has 2 atom stereocenters. The minimum absolute atomic E-state index is 0.165. The lowest BCUT2D eigenvalue weighted by atomic mass is 9.70. The van der Waals surface area contributed by atoms with E-state index in [2.05, 4.69) is 12.0 Å². The number of nitrogens with zero attached hydrogens (tertiary/aromatic N) is 2. The van der Waals surface area contributed by atoms with E-state index in [0.29, 0.717) is 0 Å². The van der Waals surface area contributed by atoms with Gasteiger partial charge in [0.25, 0.3) is 0 Å². The fraction of sp³-hybridized carbons (Fsp3) is 0.812. The molecule has 1 aromatic rings. The van der Waals surface area contributed by atoms with Crippen molar-refractivity contribution >= 4 is 11.0 Å². The Hall–Kier alpha value is -0.880. The highest BCUT2D eigenvalue weighted by Crippen LogP contribution is 2.53. The third-order valence-electron chi connectivity index (χ3n) is 5.20. The van der Waals surface area contributed by atoms with Crippen LogP contribution in [0.1, 0.15) is 64.5 Å². The molecule has 126 valence electrons. The molecule has 5 nitrogen and oxygen atoms in total. The zero-order valence-corrected chi connectivity index (χ0v) is 15.2. The second kappa shape index (κ2) is 6.32. The first-order chi connectivity index (χ1) is 10.2. The standard InChI is InChI=1S/C16H29N3O2S/c1-15(2,22(17)20)10-12(16(3)8-6-7-9-16)14-13(21-5)11-19(4)18-14/h11-12H,6-10,17H2,1-5H3/t12-,22?/m0/s1. The van der Waals surface area contributed by atoms with E-state index in [9.17, 15) is 4.21 Å². The zero-order chi connectivity index (χ0) is 16.5. The number of methoxy groups -OCH3 is 1. The molecule has 1 aromatic heterocycles. The van der Waals surface area contributed by atoms with E-state index in [-0.39, 0.29) is 11.3 Å². The summed E-state index contributed by atoms with van der Waals surface area (Å²) in [7, 11) is 2.22. The third kappa shape index (κ3) is 3.38. The highest BCUT2D eigenvalue weighted by atomic mass is 32.2. The molecule has 0 bridgehead atoms. The van der Waals surface area contributed by atoms with E-state index in [0.717, 1.165) is 17.9 Å². The van der Waals surface area contributed by atoms with Crippen LogP contribution in [0.3, 0.4) is 0 Å². The average Bonchev–Trinajstić information content (AvgIpc) is 3.02. The zero-order valence-electron chi connectivity index (χ0n) is 14.4. The molecule has 0 aliphatic heterocycles. The summed E-state index contributed by atoms with van der Waals surface area (Å²) in [6, 6.07) is 0. The lowest BCUT2D eigenvalue weighted by molar-refractivity contribution is 0.227. The van der Waals surface area contributed by atoms with Gasteiger partial charge < -0.3 is 4.74 Å². The first-order valence-electron chi connectivity index (χ1n) is 7.93. The minimum Gasteiger partial charge on any atom is -0.493 e. The Labute approximate surface area is 136 Å². The Morgan fingerprint density at radius 2 is 2.09 bits per heavy atom. The van der Waals surface area contributed by atoms with E-state index >= 15 is 0 Å². The van der Waals surface area contributed by atoms with E-state index < -0.39 is 15.7 Å². The Kier molecular flexibility index (Phi) is 5.02. The number of hydrogen-bond acceptors (Lipinski definition) is 3. The van der Waals surface area contributed by atoms with E-state index in [1.807, 2.05) is 27.1 Å². The van der Waals surface area contributed by atoms with Gasteiger partial charge in [0, 0.05) is 13.0 Å². The van der Waals surface area contributed by atoms with Gasteiger partial charge in [-0.3, -0.25) is 9.82 Å². The van der Waals surface area contributed by atoms with Crippen LogP contribution in [0, 0.1) is 5.41 Å². The van der Waals surface area contributed by atoms with Crippen molar-refractivity contribution in [2.75, 3.05) is 7.11 Å². The van der Waals surface area contributed by atoms with Gasteiger partial charge in [-0.05, 0) is 38.5 Å². The SMILES string of the molecule is COc1cn(C)nc1[C@H](CC(C)(C)S(N)=O)C1(C)CCCC1. The Balaban J connectivity index is 2.43. The summed E-state index contributed by atoms with van der Waals surface area (Å²) < 4.78 is 18.8. The van der Waals surface area contributed by atoms with Crippen molar-refractivity contribution in [1.29, 1.82) is 0 Å². The molecule has 0 aromatic carbocycles. The van der Waals surface area contributed by atoms with Crippen LogP contribution >= 0.6 is 0 Å². The van der Waals surface area contributed by atoms with Gasteiger partial charge in [0.2, 0.25) is 0 Å². The van der Waals surface area contributed by atoms with Gasteiger partial charge in [-0.1, -0.05) is 19.8 Å². The molecule has 1 aliphatic rings. The first kappa shape index (κ1) is 17.5. The summed E-state index contributed by atoms with van der Waals surface area (Å²) in [4.78, 5) is 0. The van der Waals surface area contributed by atoms with Crippen molar-refractivity contribution in [2.45, 2.75) is 63.5 Å². The van der Waals surface area contributed by atoms with Crippen LogP contribution in [0.15, 0.2) is 6.20 Å². The fourth-order valence-corrected chi connectivity index (χ4v) is 3.99. The molecule has 6 heteroatoms. The van der Waals surface area contributed by atoms with Gasteiger partial charge in [0.1, 0.15) is 5.69 Å². The summed E-state index contributed by atoms with van der Waals surface area (Å²) >= 11 is 0. The van der Waals surface area contributed by atoms with E-state index in [1.165, 1.54) is 25.7 Å². The van der Waals surface area contributed by atoms with Crippen LogP contribution in [0.5, 0.6) is 5.75 Å². The van der Waals surface area contributed by atoms with Crippen LogP contribution in [0.2, 0.25) is 0 Å². The highest BCUT2D eigenvalue weighted by molar-refractivity contribution is 7.84. The second-order valence-electron chi connectivity index (χ2n) is 7.43. The molecule has 0 saturated heterocycles. The second-order valence-corrected chi connectivity index (χ2v) is 9.13. The quantitative estimate of drug-likeness (QED) is 0.873. The Bertz CT molecular complexity index is 548. The first-order valence-corrected chi connectivity index (χ1v) is 9.15. The lowest BCUT2D eigenvalue weighted by Crippen LogP contribution is -2.37. The summed E-state index contributed by atoms with van der Waals surface area (Å²) in [6.07, 6.45) is 7.49. The van der Waals surface area contributed by atoms with Gasteiger partial charge in [-0.15, -0.1) is 0 Å². The topological polar surface area (TPSA) is 70.1 Å². The van der Waals surface area contributed by atoms with Gasteiger partial charge in [-0.25, -0.2) is 4.21 Å². The minimum atomic E-state index is -1.37. The molecule has 1 aliphatic carbocycles. The molecule has 1 heterocycles. The van der Waals surface area contributed by atoms with Crippen molar-refractivity contribution < 1.29 is 8.95 Å². The van der Waals surface area contributed by atoms with Gasteiger partial charge in [0.15, 0.2) is 5.75 Å². The summed E-state index contributed by atoms with van der Waals surface area (Å²) in [5.74, 6) is 1.02. The predicted molar refractivity (Wildman–Crippen MR) is 90.1 cm³/mol. The normalized spacial score (nSPS) is 20.8. The monoisotopic (exact) mass is 327 g/mol. The van der Waals surface area contributed by atoms with Crippen LogP contribution in [-0.2, 0) is 18.0 Å². The summed E-state index contributed by atoms with van der Waals surface area (Å²) in [5, 5.41) is 10.4. The Morgan fingerprint density at radius 3 is 2.59 bits per heavy atom. The lowest BCUT2D eigenvalue weighted by Gasteiger charge is -2.37. The van der Waals surface area contributed by atoms with E-state index in [1.54, 1.807) is 11.8 Å². The number of ether oxygens (including phenoxy) is 1. The molecule has 0 radical (unpaired) electrons. The molecule has 1 fully saturated rings. The fourth-order valence-electron chi connectivity index (χ4n) is 3.66.